The summed E-state index contributed by atoms with van der Waals surface area (Å²) in [6.07, 6.45) is 2.49. The quantitative estimate of drug-likeness (QED) is 0.389. The molecule has 1 N–H and O–H groups in total. The number of ketones is 1. The Labute approximate surface area is 172 Å². The van der Waals surface area contributed by atoms with E-state index in [1.165, 1.54) is 0 Å². The number of ether oxygens (including phenoxy) is 4. The van der Waals surface area contributed by atoms with Crippen LogP contribution in [0.4, 0.5) is 0 Å². The van der Waals surface area contributed by atoms with Crippen molar-refractivity contribution in [3.05, 3.63) is 66.2 Å². The third-order valence-corrected chi connectivity index (χ3v) is 4.19. The zero-order chi connectivity index (χ0) is 20.9. The second kappa shape index (κ2) is 12.6. The number of carbonyl (C=O) groups excluding carboxylic acids is 1. The lowest BCUT2D eigenvalue weighted by molar-refractivity contribution is -0.120. The molecule has 0 fully saturated rings. The first kappa shape index (κ1) is 22.5. The Kier molecular flexibility index (Phi) is 9.75. The van der Waals surface area contributed by atoms with Gasteiger partial charge in [-0.05, 0) is 48.4 Å². The zero-order valence-corrected chi connectivity index (χ0v) is 17.1. The lowest BCUT2D eigenvalue weighted by Crippen LogP contribution is -2.28. The Balaban J connectivity index is 1.65. The van der Waals surface area contributed by atoms with Crippen LogP contribution >= 0.6 is 0 Å². The fraction of sp³-hybridized carbons (Fsp3) is 0.348. The van der Waals surface area contributed by atoms with Gasteiger partial charge in [0.2, 0.25) is 0 Å². The molecule has 0 heterocycles. The summed E-state index contributed by atoms with van der Waals surface area (Å²) in [5.41, 5.74) is 2.15. The molecule has 0 saturated carbocycles. The second-order valence-electron chi connectivity index (χ2n) is 6.39. The number of hydrogen-bond donors (Lipinski definition) is 1. The summed E-state index contributed by atoms with van der Waals surface area (Å²) in [5, 5.41) is 3.15. The summed E-state index contributed by atoms with van der Waals surface area (Å²) in [5.74, 6) is 2.06. The lowest BCUT2D eigenvalue weighted by atomic mass is 10.1. The van der Waals surface area contributed by atoms with Crippen LogP contribution in [-0.2, 0) is 22.6 Å². The van der Waals surface area contributed by atoms with Crippen LogP contribution in [-0.4, -0.2) is 46.3 Å². The van der Waals surface area contributed by atoms with Gasteiger partial charge in [0.25, 0.3) is 0 Å². The molecule has 6 nitrogen and oxygen atoms in total. The van der Waals surface area contributed by atoms with Gasteiger partial charge in [0.1, 0.15) is 12.4 Å². The van der Waals surface area contributed by atoms with E-state index in [1.54, 1.807) is 20.3 Å². The molecular weight excluding hydrogens is 370 g/mol. The number of Topliss-reactive ketones (excluding diaryl/α,β-unsaturated/α-hetero) is 1. The van der Waals surface area contributed by atoms with Crippen molar-refractivity contribution in [2.45, 2.75) is 13.0 Å². The van der Waals surface area contributed by atoms with Crippen LogP contribution in [0.15, 0.2) is 55.1 Å². The molecule has 2 rings (SSSR count). The van der Waals surface area contributed by atoms with Crippen LogP contribution < -0.4 is 19.5 Å². The van der Waals surface area contributed by atoms with Gasteiger partial charge in [-0.2, -0.15) is 0 Å². The summed E-state index contributed by atoms with van der Waals surface area (Å²) < 4.78 is 21.5. The van der Waals surface area contributed by atoms with Crippen LogP contribution in [0.3, 0.4) is 0 Å². The number of rotatable bonds is 14. The number of methoxy groups -OCH3 is 2. The lowest BCUT2D eigenvalue weighted by Gasteiger charge is -2.10. The summed E-state index contributed by atoms with van der Waals surface area (Å²) in [4.78, 5) is 12.0. The van der Waals surface area contributed by atoms with E-state index in [2.05, 4.69) is 11.9 Å². The van der Waals surface area contributed by atoms with E-state index in [-0.39, 0.29) is 18.9 Å². The Morgan fingerprint density at radius 3 is 2.45 bits per heavy atom. The predicted molar refractivity (Wildman–Crippen MR) is 113 cm³/mol. The minimum Gasteiger partial charge on any atom is -0.493 e. The van der Waals surface area contributed by atoms with Gasteiger partial charge in [0, 0.05) is 0 Å². The molecule has 0 bridgehead atoms. The molecule has 0 unspecified atom stereocenters. The molecule has 0 spiro atoms. The van der Waals surface area contributed by atoms with Gasteiger partial charge in [0.15, 0.2) is 17.3 Å². The number of hydrogen-bond acceptors (Lipinski definition) is 6. The van der Waals surface area contributed by atoms with Gasteiger partial charge in [-0.25, -0.2) is 0 Å². The van der Waals surface area contributed by atoms with E-state index in [0.717, 1.165) is 17.5 Å². The highest BCUT2D eigenvalue weighted by atomic mass is 16.5. The molecule has 0 radical (unpaired) electrons. The molecule has 0 saturated heterocycles. The standard InChI is InChI=1S/C23H29NO5/c1-4-13-28-16-19-5-8-21(9-6-19)29-17-20(25)15-24-12-11-18-7-10-22(26-2)23(14-18)27-3/h4-10,14,24H,1,11-13,15-17H2,2-3H3. The maximum absolute atomic E-state index is 12.0. The molecule has 2 aromatic carbocycles. The van der Waals surface area contributed by atoms with Crippen molar-refractivity contribution < 1.29 is 23.7 Å². The van der Waals surface area contributed by atoms with Gasteiger partial charge in [-0.3, -0.25) is 4.79 Å². The van der Waals surface area contributed by atoms with E-state index < -0.39 is 0 Å². The Morgan fingerprint density at radius 1 is 1.03 bits per heavy atom. The van der Waals surface area contributed by atoms with Crippen LogP contribution in [0.1, 0.15) is 11.1 Å². The molecule has 29 heavy (non-hydrogen) atoms. The van der Waals surface area contributed by atoms with Crippen LogP contribution in [0.25, 0.3) is 0 Å². The second-order valence-corrected chi connectivity index (χ2v) is 6.39. The van der Waals surface area contributed by atoms with Crippen molar-refractivity contribution >= 4 is 5.78 Å². The first-order valence-electron chi connectivity index (χ1n) is 9.50. The fourth-order valence-electron chi connectivity index (χ4n) is 2.65. The highest BCUT2D eigenvalue weighted by Gasteiger charge is 2.06. The van der Waals surface area contributed by atoms with Gasteiger partial charge < -0.3 is 24.3 Å². The topological polar surface area (TPSA) is 66.0 Å². The molecule has 0 amide bonds. The molecule has 0 aliphatic rings. The Morgan fingerprint density at radius 2 is 1.76 bits per heavy atom. The molecule has 156 valence electrons. The first-order chi connectivity index (χ1) is 14.2. The largest absolute Gasteiger partial charge is 0.493 e. The van der Waals surface area contributed by atoms with Gasteiger partial charge >= 0.3 is 0 Å². The SMILES string of the molecule is C=CCOCc1ccc(OCC(=O)CNCCc2ccc(OC)c(OC)c2)cc1. The van der Waals surface area contributed by atoms with Crippen molar-refractivity contribution in [2.75, 3.05) is 40.5 Å². The fourth-order valence-corrected chi connectivity index (χ4v) is 2.65. The van der Waals surface area contributed by atoms with E-state index in [0.29, 0.717) is 37.0 Å². The number of carbonyl (C=O) groups is 1. The van der Waals surface area contributed by atoms with Crippen LogP contribution in [0.5, 0.6) is 17.2 Å². The van der Waals surface area contributed by atoms with Crippen molar-refractivity contribution in [2.24, 2.45) is 0 Å². The van der Waals surface area contributed by atoms with Gasteiger partial charge in [-0.1, -0.05) is 24.3 Å². The maximum Gasteiger partial charge on any atom is 0.183 e. The van der Waals surface area contributed by atoms with Crippen molar-refractivity contribution in [1.29, 1.82) is 0 Å². The Bertz CT molecular complexity index is 773. The third-order valence-electron chi connectivity index (χ3n) is 4.19. The maximum atomic E-state index is 12.0. The first-order valence-corrected chi connectivity index (χ1v) is 9.50. The van der Waals surface area contributed by atoms with E-state index in [9.17, 15) is 4.79 Å². The molecular formula is C23H29NO5. The van der Waals surface area contributed by atoms with E-state index >= 15 is 0 Å². The molecule has 0 aromatic heterocycles. The Hall–Kier alpha value is -2.83. The minimum absolute atomic E-state index is 0.00398. The monoisotopic (exact) mass is 399 g/mol. The van der Waals surface area contributed by atoms with Gasteiger partial charge in [0.05, 0.1) is 34.0 Å². The summed E-state index contributed by atoms with van der Waals surface area (Å²) in [7, 11) is 3.22. The molecule has 0 atom stereocenters. The van der Waals surface area contributed by atoms with Crippen molar-refractivity contribution in [1.82, 2.24) is 5.32 Å². The van der Waals surface area contributed by atoms with Crippen molar-refractivity contribution in [3.8, 4) is 17.2 Å². The number of nitrogens with one attached hydrogen (secondary N) is 1. The summed E-state index contributed by atoms with van der Waals surface area (Å²) in [6, 6.07) is 13.3. The molecule has 6 heteroatoms. The van der Waals surface area contributed by atoms with Crippen LogP contribution in [0.2, 0.25) is 0 Å². The number of benzene rings is 2. The highest BCUT2D eigenvalue weighted by molar-refractivity contribution is 5.81. The average molecular weight is 399 g/mol. The third kappa shape index (κ3) is 7.97. The minimum atomic E-state index is -0.00398. The summed E-state index contributed by atoms with van der Waals surface area (Å²) in [6.45, 7) is 5.64. The van der Waals surface area contributed by atoms with Crippen molar-refractivity contribution in [3.63, 3.8) is 0 Å². The summed E-state index contributed by atoms with van der Waals surface area (Å²) >= 11 is 0. The highest BCUT2D eigenvalue weighted by Crippen LogP contribution is 2.27. The normalized spacial score (nSPS) is 10.4. The van der Waals surface area contributed by atoms with Gasteiger partial charge in [-0.15, -0.1) is 6.58 Å². The zero-order valence-electron chi connectivity index (χ0n) is 17.1. The smallest absolute Gasteiger partial charge is 0.183 e. The average Bonchev–Trinajstić information content (AvgIpc) is 2.76. The molecule has 0 aliphatic heterocycles. The molecule has 2 aromatic rings. The van der Waals surface area contributed by atoms with E-state index in [1.807, 2.05) is 42.5 Å². The predicted octanol–water partition coefficient (Wildman–Crippen LogP) is 3.19. The van der Waals surface area contributed by atoms with Crippen LogP contribution in [0, 0.1) is 0 Å². The van der Waals surface area contributed by atoms with E-state index in [4.69, 9.17) is 18.9 Å². The molecule has 0 aliphatic carbocycles.